The van der Waals surface area contributed by atoms with Gasteiger partial charge in [-0.3, -0.25) is 9.10 Å². The Bertz CT molecular complexity index is 1300. The van der Waals surface area contributed by atoms with Gasteiger partial charge in [0, 0.05) is 16.2 Å². The first kappa shape index (κ1) is 20.6. The molecule has 4 rings (SSSR count). The van der Waals surface area contributed by atoms with Crippen molar-refractivity contribution < 1.29 is 17.6 Å². The maximum atomic E-state index is 12.9. The van der Waals surface area contributed by atoms with Gasteiger partial charge in [-0.1, -0.05) is 15.9 Å². The van der Waals surface area contributed by atoms with Gasteiger partial charge in [0.2, 0.25) is 0 Å². The summed E-state index contributed by atoms with van der Waals surface area (Å²) in [7, 11) is -2.18. The number of benzene rings is 2. The number of nitrogens with one attached hydrogen (secondary N) is 1. The highest BCUT2D eigenvalue weighted by molar-refractivity contribution is 9.10. The number of carbonyl (C=O) groups is 1. The highest BCUT2D eigenvalue weighted by atomic mass is 79.9. The molecule has 2 aromatic heterocycles. The molecule has 2 aromatic carbocycles. The summed E-state index contributed by atoms with van der Waals surface area (Å²) in [6.07, 6.45) is 1.56. The zero-order valence-corrected chi connectivity index (χ0v) is 19.1. The lowest BCUT2D eigenvalue weighted by molar-refractivity contribution is 0.0952. The van der Waals surface area contributed by atoms with Crippen LogP contribution in [0.1, 0.15) is 15.4 Å². The van der Waals surface area contributed by atoms with E-state index in [2.05, 4.69) is 21.2 Å². The molecule has 6 nitrogen and oxygen atoms in total. The van der Waals surface area contributed by atoms with Crippen molar-refractivity contribution in [2.45, 2.75) is 11.4 Å². The van der Waals surface area contributed by atoms with Crippen molar-refractivity contribution >= 4 is 59.0 Å². The molecule has 2 heterocycles. The number of nitrogens with zero attached hydrogens (tertiary/aromatic N) is 1. The number of thiophene rings is 1. The summed E-state index contributed by atoms with van der Waals surface area (Å²) in [4.78, 5) is 13.2. The number of hydrogen-bond donors (Lipinski definition) is 1. The summed E-state index contributed by atoms with van der Waals surface area (Å²) in [6.45, 7) is 0.305. The number of fused-ring (bicyclic) bond motifs is 1. The second-order valence-electron chi connectivity index (χ2n) is 6.52. The maximum Gasteiger partial charge on any atom is 0.264 e. The molecule has 0 bridgehead atoms. The molecule has 0 fully saturated rings. The zero-order chi connectivity index (χ0) is 21.3. The van der Waals surface area contributed by atoms with Gasteiger partial charge in [0.25, 0.3) is 15.9 Å². The molecule has 0 aliphatic carbocycles. The van der Waals surface area contributed by atoms with E-state index in [9.17, 15) is 13.2 Å². The van der Waals surface area contributed by atoms with E-state index in [1.807, 2.05) is 6.07 Å². The molecule has 0 aliphatic heterocycles. The summed E-state index contributed by atoms with van der Waals surface area (Å²) in [5.74, 6) is 0.469. The molecule has 0 aliphatic rings. The number of halogens is 1. The maximum absolute atomic E-state index is 12.9. The first-order valence-electron chi connectivity index (χ1n) is 8.93. The van der Waals surface area contributed by atoms with E-state index in [1.165, 1.54) is 22.7 Å². The summed E-state index contributed by atoms with van der Waals surface area (Å²) in [6, 6.07) is 17.1. The van der Waals surface area contributed by atoms with Crippen molar-refractivity contribution in [3.05, 3.63) is 82.0 Å². The smallest absolute Gasteiger partial charge is 0.264 e. The van der Waals surface area contributed by atoms with E-state index in [0.717, 1.165) is 14.6 Å². The average molecular weight is 505 g/mol. The van der Waals surface area contributed by atoms with Gasteiger partial charge in [0.05, 0.1) is 28.3 Å². The predicted molar refractivity (Wildman–Crippen MR) is 121 cm³/mol. The van der Waals surface area contributed by atoms with E-state index in [0.29, 0.717) is 22.9 Å². The Balaban J connectivity index is 1.57. The summed E-state index contributed by atoms with van der Waals surface area (Å²) in [5.41, 5.74) is 0.519. The van der Waals surface area contributed by atoms with E-state index < -0.39 is 10.0 Å². The standard InChI is InChI=1S/C21H17BrN2O4S2/c1-24(30(26,27)18-7-4-15(22)5-8-18)16-6-9-19-14(11-16)12-20(29-19)21(25)23-13-17-3-2-10-28-17/h2-12H,13H2,1H3,(H,23,25). The molecule has 1 N–H and O–H groups in total. The summed E-state index contributed by atoms with van der Waals surface area (Å²) in [5, 5.41) is 3.62. The SMILES string of the molecule is CN(c1ccc2sc(C(=O)NCc3ccco3)cc2c1)S(=O)(=O)c1ccc(Br)cc1. The van der Waals surface area contributed by atoms with Crippen LogP contribution in [-0.2, 0) is 16.6 Å². The molecular weight excluding hydrogens is 488 g/mol. The van der Waals surface area contributed by atoms with Gasteiger partial charge in [-0.05, 0) is 66.0 Å². The van der Waals surface area contributed by atoms with Gasteiger partial charge in [0.15, 0.2) is 0 Å². The monoisotopic (exact) mass is 504 g/mol. The van der Waals surface area contributed by atoms with Crippen molar-refractivity contribution in [3.8, 4) is 0 Å². The number of carbonyl (C=O) groups excluding carboxylic acids is 1. The average Bonchev–Trinajstić information content (AvgIpc) is 3.40. The molecule has 1 amide bonds. The molecule has 4 aromatic rings. The zero-order valence-electron chi connectivity index (χ0n) is 15.8. The van der Waals surface area contributed by atoms with Gasteiger partial charge in [-0.2, -0.15) is 0 Å². The third-order valence-corrected chi connectivity index (χ3v) is 8.01. The van der Waals surface area contributed by atoms with E-state index >= 15 is 0 Å². The highest BCUT2D eigenvalue weighted by Crippen LogP contribution is 2.31. The second kappa shape index (κ2) is 8.25. The topological polar surface area (TPSA) is 79.6 Å². The van der Waals surface area contributed by atoms with Crippen LogP contribution in [0.5, 0.6) is 0 Å². The molecule has 0 radical (unpaired) electrons. The Kier molecular flexibility index (Phi) is 5.68. The van der Waals surface area contributed by atoms with Gasteiger partial charge >= 0.3 is 0 Å². The quantitative estimate of drug-likeness (QED) is 0.400. The Morgan fingerprint density at radius 3 is 2.60 bits per heavy atom. The minimum Gasteiger partial charge on any atom is -0.467 e. The number of rotatable bonds is 6. The van der Waals surface area contributed by atoms with Crippen LogP contribution in [0.4, 0.5) is 5.69 Å². The molecule has 30 heavy (non-hydrogen) atoms. The van der Waals surface area contributed by atoms with Crippen LogP contribution in [0.15, 0.2) is 80.7 Å². The highest BCUT2D eigenvalue weighted by Gasteiger charge is 2.22. The normalized spacial score (nSPS) is 11.5. The van der Waals surface area contributed by atoms with E-state index in [-0.39, 0.29) is 10.8 Å². The Morgan fingerprint density at radius 1 is 1.13 bits per heavy atom. The van der Waals surface area contributed by atoms with Crippen molar-refractivity contribution in [3.63, 3.8) is 0 Å². The Morgan fingerprint density at radius 2 is 1.90 bits per heavy atom. The minimum atomic E-state index is -3.69. The van der Waals surface area contributed by atoms with Gasteiger partial charge < -0.3 is 9.73 Å². The fraction of sp³-hybridized carbons (Fsp3) is 0.0952. The van der Waals surface area contributed by atoms with Crippen LogP contribution in [0, 0.1) is 0 Å². The van der Waals surface area contributed by atoms with Gasteiger partial charge in [-0.25, -0.2) is 8.42 Å². The molecular formula is C21H17BrN2O4S2. The first-order chi connectivity index (χ1) is 14.3. The van der Waals surface area contributed by atoms with Crippen molar-refractivity contribution in [2.75, 3.05) is 11.4 Å². The first-order valence-corrected chi connectivity index (χ1v) is 12.0. The van der Waals surface area contributed by atoms with Crippen LogP contribution in [-0.4, -0.2) is 21.4 Å². The number of sulfonamides is 1. The predicted octanol–water partition coefficient (Wildman–Crippen LogP) is 5.01. The lowest BCUT2D eigenvalue weighted by Gasteiger charge is -2.19. The third-order valence-electron chi connectivity index (χ3n) is 4.56. The molecule has 0 saturated carbocycles. The lowest BCUT2D eigenvalue weighted by atomic mass is 10.2. The van der Waals surface area contributed by atoms with Gasteiger partial charge in [-0.15, -0.1) is 11.3 Å². The number of amides is 1. The molecule has 9 heteroatoms. The number of anilines is 1. The number of hydrogen-bond acceptors (Lipinski definition) is 5. The summed E-state index contributed by atoms with van der Waals surface area (Å²) >= 11 is 4.66. The second-order valence-corrected chi connectivity index (χ2v) is 10.5. The molecule has 154 valence electrons. The van der Waals surface area contributed by atoms with Crippen LogP contribution < -0.4 is 9.62 Å². The lowest BCUT2D eigenvalue weighted by Crippen LogP contribution is -2.26. The summed E-state index contributed by atoms with van der Waals surface area (Å²) < 4.78 is 34.0. The third kappa shape index (κ3) is 4.14. The molecule has 0 saturated heterocycles. The van der Waals surface area contributed by atoms with Crippen molar-refractivity contribution in [1.29, 1.82) is 0 Å². The van der Waals surface area contributed by atoms with E-state index in [1.54, 1.807) is 60.9 Å². The van der Waals surface area contributed by atoms with Crippen LogP contribution in [0.25, 0.3) is 10.1 Å². The largest absolute Gasteiger partial charge is 0.467 e. The van der Waals surface area contributed by atoms with Crippen LogP contribution >= 0.6 is 27.3 Å². The fourth-order valence-corrected chi connectivity index (χ4v) is 5.32. The number of furan rings is 1. The minimum absolute atomic E-state index is 0.204. The fourth-order valence-electron chi connectivity index (χ4n) is 2.91. The van der Waals surface area contributed by atoms with Crippen molar-refractivity contribution in [1.82, 2.24) is 5.32 Å². The van der Waals surface area contributed by atoms with Crippen molar-refractivity contribution in [2.24, 2.45) is 0 Å². The molecule has 0 atom stereocenters. The van der Waals surface area contributed by atoms with Crippen LogP contribution in [0.2, 0.25) is 0 Å². The molecule has 0 unspecified atom stereocenters. The molecule has 0 spiro atoms. The Hall–Kier alpha value is -2.62. The Labute approximate surface area is 186 Å². The van der Waals surface area contributed by atoms with E-state index in [4.69, 9.17) is 4.42 Å². The van der Waals surface area contributed by atoms with Crippen LogP contribution in [0.3, 0.4) is 0 Å². The van der Waals surface area contributed by atoms with Gasteiger partial charge in [0.1, 0.15) is 5.76 Å².